The highest BCUT2D eigenvalue weighted by Gasteiger charge is 1.91. The van der Waals surface area contributed by atoms with Gasteiger partial charge in [0.05, 0.1) is 5.69 Å². The lowest BCUT2D eigenvalue weighted by atomic mass is 10.4. The molecule has 0 saturated carbocycles. The van der Waals surface area contributed by atoms with E-state index in [1.807, 2.05) is 6.07 Å². The molecule has 0 aliphatic carbocycles. The molecule has 1 aromatic rings. The van der Waals surface area contributed by atoms with Gasteiger partial charge in [0.15, 0.2) is 0 Å². The first-order chi connectivity index (χ1) is 5.24. The summed E-state index contributed by atoms with van der Waals surface area (Å²) in [6, 6.07) is 6.82. The van der Waals surface area contributed by atoms with Crippen molar-refractivity contribution in [2.24, 2.45) is 0 Å². The summed E-state index contributed by atoms with van der Waals surface area (Å²) < 4.78 is 0.899. The third-order valence-corrected chi connectivity index (χ3v) is 1.87. The van der Waals surface area contributed by atoms with Crippen molar-refractivity contribution in [3.8, 4) is 0 Å². The van der Waals surface area contributed by atoms with Crippen molar-refractivity contribution in [2.75, 3.05) is 12.4 Å². The standard InChI is InChI=1S/C8H8BrNO/c1-10-7-4-2-6(9)3-5-8(7)11/h2-5H,1H3,(H,10,11). The Balaban J connectivity index is 3.33. The number of rotatable bonds is 1. The maximum Gasteiger partial charge on any atom is 0.201 e. The van der Waals surface area contributed by atoms with Gasteiger partial charge in [-0.25, -0.2) is 0 Å². The van der Waals surface area contributed by atoms with Crippen LogP contribution in [0.25, 0.3) is 0 Å². The fourth-order valence-electron chi connectivity index (χ4n) is 0.752. The summed E-state index contributed by atoms with van der Waals surface area (Å²) in [5.41, 5.74) is 0.605. The van der Waals surface area contributed by atoms with Gasteiger partial charge in [-0.1, -0.05) is 15.9 Å². The predicted octanol–water partition coefficient (Wildman–Crippen LogP) is 1.85. The first kappa shape index (κ1) is 8.27. The van der Waals surface area contributed by atoms with E-state index in [4.69, 9.17) is 0 Å². The Morgan fingerprint density at radius 2 is 1.91 bits per heavy atom. The van der Waals surface area contributed by atoms with Crippen LogP contribution >= 0.6 is 15.9 Å². The Kier molecular flexibility index (Phi) is 2.65. The van der Waals surface area contributed by atoms with Crippen LogP contribution < -0.4 is 10.7 Å². The van der Waals surface area contributed by atoms with Gasteiger partial charge >= 0.3 is 0 Å². The molecule has 0 aliphatic heterocycles. The SMILES string of the molecule is CNc1ccc(Br)ccc1=O. The molecule has 3 heteroatoms. The lowest BCUT2D eigenvalue weighted by Gasteiger charge is -1.89. The van der Waals surface area contributed by atoms with Crippen LogP contribution in [0.5, 0.6) is 0 Å². The van der Waals surface area contributed by atoms with E-state index in [2.05, 4.69) is 21.2 Å². The van der Waals surface area contributed by atoms with Gasteiger partial charge in [0, 0.05) is 11.5 Å². The van der Waals surface area contributed by atoms with E-state index < -0.39 is 0 Å². The number of nitrogens with one attached hydrogen (secondary N) is 1. The van der Waals surface area contributed by atoms with E-state index in [1.54, 1.807) is 19.2 Å². The lowest BCUT2D eigenvalue weighted by molar-refractivity contribution is 1.49. The van der Waals surface area contributed by atoms with Crippen molar-refractivity contribution in [2.45, 2.75) is 0 Å². The minimum Gasteiger partial charge on any atom is -0.385 e. The maximum absolute atomic E-state index is 11.1. The molecule has 0 amide bonds. The maximum atomic E-state index is 11.1. The molecule has 11 heavy (non-hydrogen) atoms. The summed E-state index contributed by atoms with van der Waals surface area (Å²) in [6.45, 7) is 0. The van der Waals surface area contributed by atoms with Gasteiger partial charge in [-0.2, -0.15) is 0 Å². The molecule has 1 rings (SSSR count). The molecule has 0 heterocycles. The molecule has 0 spiro atoms. The Hall–Kier alpha value is -0.830. The van der Waals surface area contributed by atoms with Crippen molar-refractivity contribution in [1.82, 2.24) is 0 Å². The highest BCUT2D eigenvalue weighted by Crippen LogP contribution is 2.07. The number of hydrogen-bond acceptors (Lipinski definition) is 2. The normalized spacial score (nSPS) is 9.27. The number of hydrogen-bond donors (Lipinski definition) is 1. The van der Waals surface area contributed by atoms with Crippen LogP contribution in [0.15, 0.2) is 33.5 Å². The van der Waals surface area contributed by atoms with Gasteiger partial charge in [-0.3, -0.25) is 4.79 Å². The average molecular weight is 214 g/mol. The third-order valence-electron chi connectivity index (χ3n) is 1.34. The highest BCUT2D eigenvalue weighted by atomic mass is 79.9. The van der Waals surface area contributed by atoms with E-state index >= 15 is 0 Å². The van der Waals surface area contributed by atoms with Crippen molar-refractivity contribution in [1.29, 1.82) is 0 Å². The Morgan fingerprint density at radius 1 is 1.27 bits per heavy atom. The molecule has 0 fully saturated rings. The van der Waals surface area contributed by atoms with Crippen LogP contribution in [0.3, 0.4) is 0 Å². The quantitative estimate of drug-likeness (QED) is 0.772. The molecular formula is C8H8BrNO. The van der Waals surface area contributed by atoms with Crippen molar-refractivity contribution in [3.63, 3.8) is 0 Å². The van der Waals surface area contributed by atoms with Gasteiger partial charge < -0.3 is 5.32 Å². The van der Waals surface area contributed by atoms with Gasteiger partial charge in [0.1, 0.15) is 0 Å². The second-order valence-electron chi connectivity index (χ2n) is 2.08. The van der Waals surface area contributed by atoms with Gasteiger partial charge in [0.2, 0.25) is 5.43 Å². The van der Waals surface area contributed by atoms with E-state index in [1.165, 1.54) is 6.07 Å². The molecule has 58 valence electrons. The summed E-state index contributed by atoms with van der Waals surface area (Å²) in [6.07, 6.45) is 0. The zero-order valence-corrected chi connectivity index (χ0v) is 7.68. The molecule has 2 nitrogen and oxygen atoms in total. The first-order valence-corrected chi connectivity index (χ1v) is 4.01. The van der Waals surface area contributed by atoms with Gasteiger partial charge in [-0.15, -0.1) is 0 Å². The molecule has 0 aliphatic rings. The zero-order chi connectivity index (χ0) is 8.27. The minimum atomic E-state index is -0.00167. The highest BCUT2D eigenvalue weighted by molar-refractivity contribution is 9.10. The Bertz CT molecular complexity index is 311. The summed E-state index contributed by atoms with van der Waals surface area (Å²) in [7, 11) is 1.73. The molecule has 0 bridgehead atoms. The van der Waals surface area contributed by atoms with Crippen LogP contribution in [0.1, 0.15) is 0 Å². The average Bonchev–Trinajstić information content (AvgIpc) is 2.15. The lowest BCUT2D eigenvalue weighted by Crippen LogP contribution is -2.02. The smallest absolute Gasteiger partial charge is 0.201 e. The largest absolute Gasteiger partial charge is 0.385 e. The molecule has 0 radical (unpaired) electrons. The summed E-state index contributed by atoms with van der Waals surface area (Å²) in [4.78, 5) is 11.1. The summed E-state index contributed by atoms with van der Waals surface area (Å²) in [5, 5.41) is 2.81. The molecule has 0 unspecified atom stereocenters. The topological polar surface area (TPSA) is 29.1 Å². The molecule has 0 saturated heterocycles. The monoisotopic (exact) mass is 213 g/mol. The van der Waals surface area contributed by atoms with Crippen LogP contribution in [-0.2, 0) is 0 Å². The molecule has 1 aromatic carbocycles. The molecular weight excluding hydrogens is 206 g/mol. The van der Waals surface area contributed by atoms with E-state index in [0.29, 0.717) is 5.69 Å². The van der Waals surface area contributed by atoms with Crippen LogP contribution in [-0.4, -0.2) is 7.05 Å². The Labute approximate surface area is 73.4 Å². The van der Waals surface area contributed by atoms with Crippen molar-refractivity contribution >= 4 is 21.6 Å². The summed E-state index contributed by atoms with van der Waals surface area (Å²) >= 11 is 3.27. The van der Waals surface area contributed by atoms with Gasteiger partial charge in [-0.05, 0) is 24.3 Å². The van der Waals surface area contributed by atoms with Crippen LogP contribution in [0.4, 0.5) is 5.69 Å². The summed E-state index contributed by atoms with van der Waals surface area (Å²) in [5.74, 6) is 0. The van der Waals surface area contributed by atoms with Crippen LogP contribution in [0, 0.1) is 0 Å². The predicted molar refractivity (Wildman–Crippen MR) is 50.0 cm³/mol. The fourth-order valence-corrected chi connectivity index (χ4v) is 1.02. The third kappa shape index (κ3) is 2.05. The van der Waals surface area contributed by atoms with E-state index in [-0.39, 0.29) is 5.43 Å². The second-order valence-corrected chi connectivity index (χ2v) is 3.00. The number of halogens is 1. The molecule has 0 aromatic heterocycles. The number of anilines is 1. The van der Waals surface area contributed by atoms with Crippen LogP contribution in [0.2, 0.25) is 0 Å². The van der Waals surface area contributed by atoms with Crippen molar-refractivity contribution < 1.29 is 0 Å². The van der Waals surface area contributed by atoms with E-state index in [9.17, 15) is 4.79 Å². The molecule has 1 N–H and O–H groups in total. The Morgan fingerprint density at radius 3 is 2.55 bits per heavy atom. The molecule has 0 atom stereocenters. The zero-order valence-electron chi connectivity index (χ0n) is 6.10. The van der Waals surface area contributed by atoms with E-state index in [0.717, 1.165) is 4.47 Å². The fraction of sp³-hybridized carbons (Fsp3) is 0.125. The first-order valence-electron chi connectivity index (χ1n) is 3.21. The second kappa shape index (κ2) is 3.53. The van der Waals surface area contributed by atoms with Crippen molar-refractivity contribution in [3.05, 3.63) is 39.0 Å². The van der Waals surface area contributed by atoms with Gasteiger partial charge in [0.25, 0.3) is 0 Å². The minimum absolute atomic E-state index is 0.00167.